The molecule has 5 heteroatoms. The molecule has 0 aliphatic heterocycles. The Hall–Kier alpha value is -1.36. The molecule has 2 rings (SSSR count). The highest BCUT2D eigenvalue weighted by Crippen LogP contribution is 2.18. The van der Waals surface area contributed by atoms with Crippen LogP contribution in [-0.2, 0) is 11.3 Å². The van der Waals surface area contributed by atoms with Crippen LogP contribution in [0.3, 0.4) is 0 Å². The minimum Gasteiger partial charge on any atom is -0.411 e. The summed E-state index contributed by atoms with van der Waals surface area (Å²) in [4.78, 5) is 0. The highest BCUT2D eigenvalue weighted by atomic mass is 16.5. The number of oxime groups is 1. The average molecular weight is 237 g/mol. The van der Waals surface area contributed by atoms with Crippen LogP contribution in [0.15, 0.2) is 17.5 Å². The van der Waals surface area contributed by atoms with E-state index in [0.717, 1.165) is 37.9 Å². The van der Waals surface area contributed by atoms with Gasteiger partial charge in [0.05, 0.1) is 31.2 Å². The fraction of sp³-hybridized carbons (Fsp3) is 0.667. The molecule has 1 aromatic rings. The van der Waals surface area contributed by atoms with Crippen LogP contribution in [0.5, 0.6) is 0 Å². The molecule has 1 N–H and O–H groups in total. The third-order valence-electron chi connectivity index (χ3n) is 3.09. The van der Waals surface area contributed by atoms with E-state index < -0.39 is 0 Å². The molecular weight excluding hydrogens is 218 g/mol. The molecule has 0 unspecified atom stereocenters. The lowest BCUT2D eigenvalue weighted by Crippen LogP contribution is -2.23. The lowest BCUT2D eigenvalue weighted by molar-refractivity contribution is 0.0337. The summed E-state index contributed by atoms with van der Waals surface area (Å²) in [6.45, 7) is 3.52. The molecule has 0 atom stereocenters. The van der Waals surface area contributed by atoms with Crippen molar-refractivity contribution in [2.45, 2.75) is 45.3 Å². The largest absolute Gasteiger partial charge is 0.411 e. The molecule has 1 saturated carbocycles. The molecule has 0 spiro atoms. The number of nitrogens with zero attached hydrogens (tertiary/aromatic N) is 3. The van der Waals surface area contributed by atoms with Crippen molar-refractivity contribution >= 4 is 5.71 Å². The fourth-order valence-corrected chi connectivity index (χ4v) is 2.09. The Kier molecular flexibility index (Phi) is 4.14. The standard InChI is InChI=1S/C12H19N3O2/c1-10-8-13-15(9-10)6-7-17-12-4-2-11(14-16)3-5-12/h8-9,12,16H,2-7H2,1H3. The van der Waals surface area contributed by atoms with Crippen molar-refractivity contribution in [1.82, 2.24) is 9.78 Å². The van der Waals surface area contributed by atoms with E-state index in [4.69, 9.17) is 9.94 Å². The predicted molar refractivity (Wildman–Crippen MR) is 64.4 cm³/mol. The highest BCUT2D eigenvalue weighted by molar-refractivity contribution is 5.84. The van der Waals surface area contributed by atoms with Gasteiger partial charge in [0, 0.05) is 6.20 Å². The first kappa shape index (κ1) is 12.1. The molecule has 0 aromatic carbocycles. The van der Waals surface area contributed by atoms with E-state index in [1.807, 2.05) is 24.0 Å². The Morgan fingerprint density at radius 1 is 1.53 bits per heavy atom. The van der Waals surface area contributed by atoms with E-state index in [1.54, 1.807) is 0 Å². The zero-order chi connectivity index (χ0) is 12.1. The topological polar surface area (TPSA) is 59.6 Å². The summed E-state index contributed by atoms with van der Waals surface area (Å²) >= 11 is 0. The zero-order valence-electron chi connectivity index (χ0n) is 10.2. The maximum atomic E-state index is 8.64. The summed E-state index contributed by atoms with van der Waals surface area (Å²) in [7, 11) is 0. The van der Waals surface area contributed by atoms with Gasteiger partial charge in [0.2, 0.25) is 0 Å². The van der Waals surface area contributed by atoms with Crippen LogP contribution >= 0.6 is 0 Å². The molecule has 0 radical (unpaired) electrons. The van der Waals surface area contributed by atoms with Crippen LogP contribution in [0.4, 0.5) is 0 Å². The van der Waals surface area contributed by atoms with Crippen LogP contribution in [0.25, 0.3) is 0 Å². The van der Waals surface area contributed by atoms with Crippen molar-refractivity contribution in [1.29, 1.82) is 0 Å². The highest BCUT2D eigenvalue weighted by Gasteiger charge is 2.18. The Labute approximate surface area is 101 Å². The third kappa shape index (κ3) is 3.56. The first-order valence-electron chi connectivity index (χ1n) is 6.08. The summed E-state index contributed by atoms with van der Waals surface area (Å²) < 4.78 is 7.69. The second-order valence-corrected chi connectivity index (χ2v) is 4.52. The Morgan fingerprint density at radius 3 is 2.88 bits per heavy atom. The molecule has 0 amide bonds. The van der Waals surface area contributed by atoms with Gasteiger partial charge in [-0.05, 0) is 38.2 Å². The van der Waals surface area contributed by atoms with Gasteiger partial charge in [-0.1, -0.05) is 5.16 Å². The summed E-state index contributed by atoms with van der Waals surface area (Å²) in [6.07, 6.45) is 7.78. The molecule has 17 heavy (non-hydrogen) atoms. The minimum atomic E-state index is 0.303. The summed E-state index contributed by atoms with van der Waals surface area (Å²) in [5.41, 5.74) is 2.07. The van der Waals surface area contributed by atoms with Crippen LogP contribution < -0.4 is 0 Å². The maximum Gasteiger partial charge on any atom is 0.0666 e. The van der Waals surface area contributed by atoms with Gasteiger partial charge >= 0.3 is 0 Å². The smallest absolute Gasteiger partial charge is 0.0666 e. The van der Waals surface area contributed by atoms with E-state index in [-0.39, 0.29) is 0 Å². The number of rotatable bonds is 4. The second-order valence-electron chi connectivity index (χ2n) is 4.52. The second kappa shape index (κ2) is 5.82. The molecule has 0 saturated heterocycles. The Morgan fingerprint density at radius 2 is 2.29 bits per heavy atom. The summed E-state index contributed by atoms with van der Waals surface area (Å²) in [6, 6.07) is 0. The van der Waals surface area contributed by atoms with Crippen LogP contribution in [0, 0.1) is 6.92 Å². The molecule has 94 valence electrons. The third-order valence-corrected chi connectivity index (χ3v) is 3.09. The van der Waals surface area contributed by atoms with Crippen LogP contribution in [-0.4, -0.2) is 33.4 Å². The van der Waals surface area contributed by atoms with E-state index in [0.29, 0.717) is 12.7 Å². The number of aryl methyl sites for hydroxylation is 1. The van der Waals surface area contributed by atoms with Gasteiger partial charge in [-0.2, -0.15) is 5.10 Å². The van der Waals surface area contributed by atoms with E-state index in [2.05, 4.69) is 10.3 Å². The quantitative estimate of drug-likeness (QED) is 0.643. The lowest BCUT2D eigenvalue weighted by Gasteiger charge is -2.22. The number of ether oxygens (including phenoxy) is 1. The summed E-state index contributed by atoms with van der Waals surface area (Å²) in [5, 5.41) is 16.1. The minimum absolute atomic E-state index is 0.303. The van der Waals surface area contributed by atoms with Crippen molar-refractivity contribution in [3.05, 3.63) is 18.0 Å². The molecule has 1 heterocycles. The molecule has 0 bridgehead atoms. The first-order chi connectivity index (χ1) is 8.28. The van der Waals surface area contributed by atoms with Crippen molar-refractivity contribution in [3.8, 4) is 0 Å². The predicted octanol–water partition coefficient (Wildman–Crippen LogP) is 1.98. The Bertz CT molecular complexity index is 377. The van der Waals surface area contributed by atoms with Gasteiger partial charge in [0.1, 0.15) is 0 Å². The van der Waals surface area contributed by atoms with Crippen LogP contribution in [0.1, 0.15) is 31.2 Å². The van der Waals surface area contributed by atoms with Crippen LogP contribution in [0.2, 0.25) is 0 Å². The van der Waals surface area contributed by atoms with Gasteiger partial charge in [-0.25, -0.2) is 0 Å². The normalized spacial score (nSPS) is 20.5. The first-order valence-corrected chi connectivity index (χ1v) is 6.08. The average Bonchev–Trinajstić information content (AvgIpc) is 2.76. The summed E-state index contributed by atoms with van der Waals surface area (Å²) in [5.74, 6) is 0. The molecule has 1 aromatic heterocycles. The fourth-order valence-electron chi connectivity index (χ4n) is 2.09. The number of hydrogen-bond donors (Lipinski definition) is 1. The monoisotopic (exact) mass is 237 g/mol. The maximum absolute atomic E-state index is 8.64. The molecule has 5 nitrogen and oxygen atoms in total. The van der Waals surface area contributed by atoms with Gasteiger partial charge in [-0.15, -0.1) is 0 Å². The SMILES string of the molecule is Cc1cnn(CCOC2CCC(=NO)CC2)c1. The molecule has 1 aliphatic rings. The van der Waals surface area contributed by atoms with E-state index >= 15 is 0 Å². The zero-order valence-corrected chi connectivity index (χ0v) is 10.2. The van der Waals surface area contributed by atoms with Gasteiger partial charge < -0.3 is 9.94 Å². The number of hydrogen-bond acceptors (Lipinski definition) is 4. The van der Waals surface area contributed by atoms with Crippen molar-refractivity contribution in [2.24, 2.45) is 5.16 Å². The van der Waals surface area contributed by atoms with Gasteiger partial charge in [0.15, 0.2) is 0 Å². The molecule has 1 aliphatic carbocycles. The number of aromatic nitrogens is 2. The molecular formula is C12H19N3O2. The lowest BCUT2D eigenvalue weighted by atomic mass is 9.96. The van der Waals surface area contributed by atoms with Crippen molar-refractivity contribution in [2.75, 3.05) is 6.61 Å². The van der Waals surface area contributed by atoms with Gasteiger partial charge in [-0.3, -0.25) is 4.68 Å². The van der Waals surface area contributed by atoms with Gasteiger partial charge in [0.25, 0.3) is 0 Å². The van der Waals surface area contributed by atoms with E-state index in [9.17, 15) is 0 Å². The Balaban J connectivity index is 1.66. The molecule has 1 fully saturated rings. The van der Waals surface area contributed by atoms with E-state index in [1.165, 1.54) is 5.56 Å². The van der Waals surface area contributed by atoms with Crippen molar-refractivity contribution in [3.63, 3.8) is 0 Å². The van der Waals surface area contributed by atoms with Crippen molar-refractivity contribution < 1.29 is 9.94 Å².